The fraction of sp³-hybridized carbons (Fsp3) is 0.318. The number of benzene rings is 2. The summed E-state index contributed by atoms with van der Waals surface area (Å²) in [5, 5.41) is 0. The Balaban J connectivity index is 1.58. The fourth-order valence-electron chi connectivity index (χ4n) is 2.88. The molecular weight excluding hydrogens is 344 g/mol. The van der Waals surface area contributed by atoms with E-state index >= 15 is 0 Å². The highest BCUT2D eigenvalue weighted by atomic mass is 16.6. The molecule has 0 unspecified atom stereocenters. The summed E-state index contributed by atoms with van der Waals surface area (Å²) >= 11 is 0. The molecule has 5 heteroatoms. The van der Waals surface area contributed by atoms with Crippen LogP contribution in [0.4, 0.5) is 0 Å². The lowest BCUT2D eigenvalue weighted by Gasteiger charge is -2.33. The van der Waals surface area contributed by atoms with E-state index in [9.17, 15) is 4.79 Å². The summed E-state index contributed by atoms with van der Waals surface area (Å²) in [4.78, 5) is 11.6. The largest absolute Gasteiger partial charge is 0.492 e. The Morgan fingerprint density at radius 2 is 1.59 bits per heavy atom. The molecule has 2 aromatic rings. The minimum Gasteiger partial charge on any atom is -0.492 e. The van der Waals surface area contributed by atoms with Gasteiger partial charge in [0.05, 0.1) is 26.1 Å². The van der Waals surface area contributed by atoms with Crippen LogP contribution in [0.2, 0.25) is 0 Å². The summed E-state index contributed by atoms with van der Waals surface area (Å²) in [6, 6.07) is 19.7. The van der Waals surface area contributed by atoms with Crippen LogP contribution in [0.3, 0.4) is 0 Å². The highest BCUT2D eigenvalue weighted by Crippen LogP contribution is 2.21. The topological polar surface area (TPSA) is 54.0 Å². The smallest absolute Gasteiger partial charge is 0.303 e. The maximum Gasteiger partial charge on any atom is 0.303 e. The van der Waals surface area contributed by atoms with Gasteiger partial charge in [0.2, 0.25) is 0 Å². The zero-order chi connectivity index (χ0) is 18.9. The second-order valence-electron chi connectivity index (χ2n) is 6.34. The molecule has 0 N–H and O–H groups in total. The van der Waals surface area contributed by atoms with Gasteiger partial charge in [0, 0.05) is 6.92 Å². The molecule has 0 amide bonds. The van der Waals surface area contributed by atoms with Gasteiger partial charge in [-0.2, -0.15) is 0 Å². The van der Waals surface area contributed by atoms with Crippen molar-refractivity contribution >= 4 is 5.97 Å². The predicted octanol–water partition coefficient (Wildman–Crippen LogP) is 3.63. The molecule has 0 aliphatic carbocycles. The molecule has 1 aliphatic heterocycles. The third-order valence-electron chi connectivity index (χ3n) is 4.19. The van der Waals surface area contributed by atoms with Crippen LogP contribution in [0.15, 0.2) is 73.0 Å². The summed E-state index contributed by atoms with van der Waals surface area (Å²) in [5.41, 5.74) is 2.13. The maximum absolute atomic E-state index is 11.6. The van der Waals surface area contributed by atoms with E-state index in [1.54, 1.807) is 12.3 Å². The van der Waals surface area contributed by atoms with Gasteiger partial charge in [-0.15, -0.1) is 0 Å². The minimum absolute atomic E-state index is 0.294. The number of carbonyl (C=O) groups excluding carboxylic acids is 1. The second kappa shape index (κ2) is 9.90. The van der Waals surface area contributed by atoms with E-state index in [0.29, 0.717) is 19.8 Å². The van der Waals surface area contributed by atoms with Crippen molar-refractivity contribution in [3.63, 3.8) is 0 Å². The zero-order valence-corrected chi connectivity index (χ0v) is 15.3. The van der Waals surface area contributed by atoms with Crippen molar-refractivity contribution in [1.82, 2.24) is 0 Å². The van der Waals surface area contributed by atoms with Crippen LogP contribution in [-0.2, 0) is 37.0 Å². The van der Waals surface area contributed by atoms with E-state index in [0.717, 1.165) is 11.1 Å². The Hall–Kier alpha value is -2.63. The summed E-state index contributed by atoms with van der Waals surface area (Å²) < 4.78 is 22.9. The van der Waals surface area contributed by atoms with E-state index in [2.05, 4.69) is 0 Å². The Morgan fingerprint density at radius 3 is 2.22 bits per heavy atom. The predicted molar refractivity (Wildman–Crippen MR) is 101 cm³/mol. The molecule has 1 heterocycles. The minimum atomic E-state index is -0.563. The molecule has 0 saturated carbocycles. The highest BCUT2D eigenvalue weighted by Gasteiger charge is 2.36. The molecule has 0 saturated heterocycles. The van der Waals surface area contributed by atoms with E-state index < -0.39 is 18.3 Å². The molecule has 0 aromatic heterocycles. The number of hydrogen-bond donors (Lipinski definition) is 0. The normalized spacial score (nSPS) is 21.4. The zero-order valence-electron chi connectivity index (χ0n) is 15.3. The van der Waals surface area contributed by atoms with Crippen LogP contribution < -0.4 is 0 Å². The van der Waals surface area contributed by atoms with Gasteiger partial charge in [-0.05, 0) is 17.2 Å². The first-order valence-electron chi connectivity index (χ1n) is 8.99. The highest BCUT2D eigenvalue weighted by molar-refractivity contribution is 5.66. The lowest BCUT2D eigenvalue weighted by Crippen LogP contribution is -2.46. The first kappa shape index (κ1) is 19.1. The first-order valence-corrected chi connectivity index (χ1v) is 8.99. The van der Waals surface area contributed by atoms with E-state index in [4.69, 9.17) is 18.9 Å². The quantitative estimate of drug-likeness (QED) is 0.666. The number of hydrogen-bond acceptors (Lipinski definition) is 5. The van der Waals surface area contributed by atoms with Gasteiger partial charge < -0.3 is 18.9 Å². The summed E-state index contributed by atoms with van der Waals surface area (Å²) in [6.07, 6.45) is 1.97. The van der Waals surface area contributed by atoms with Crippen molar-refractivity contribution in [2.24, 2.45) is 0 Å². The van der Waals surface area contributed by atoms with Gasteiger partial charge in [-0.1, -0.05) is 60.7 Å². The summed E-state index contributed by atoms with van der Waals surface area (Å²) in [6.45, 7) is 2.56. The molecule has 3 atom stereocenters. The SMILES string of the molecule is CC(=O)O[C@H]1[C@H](OCc2ccccc2)C=CO[C@@H]1COCc1ccccc1. The number of esters is 1. The fourth-order valence-corrected chi connectivity index (χ4v) is 2.88. The molecule has 0 radical (unpaired) electrons. The number of carbonyl (C=O) groups is 1. The standard InChI is InChI=1S/C22H24O5/c1-17(23)27-22-20(26-15-19-10-6-3-7-11-19)12-13-25-21(22)16-24-14-18-8-4-2-5-9-18/h2-13,20-22H,14-16H2,1H3/t20-,21-,22+/m1/s1. The van der Waals surface area contributed by atoms with Crippen molar-refractivity contribution in [2.75, 3.05) is 6.61 Å². The van der Waals surface area contributed by atoms with Gasteiger partial charge in [0.15, 0.2) is 12.2 Å². The van der Waals surface area contributed by atoms with Gasteiger partial charge in [0.25, 0.3) is 0 Å². The van der Waals surface area contributed by atoms with E-state index in [-0.39, 0.29) is 5.97 Å². The summed E-state index contributed by atoms with van der Waals surface area (Å²) in [5.74, 6) is -0.375. The lowest BCUT2D eigenvalue weighted by molar-refractivity contribution is -0.172. The Labute approximate surface area is 159 Å². The van der Waals surface area contributed by atoms with Crippen LogP contribution in [0.1, 0.15) is 18.1 Å². The van der Waals surface area contributed by atoms with Crippen LogP contribution in [0.5, 0.6) is 0 Å². The van der Waals surface area contributed by atoms with E-state index in [1.807, 2.05) is 60.7 Å². The summed E-state index contributed by atoms with van der Waals surface area (Å²) in [7, 11) is 0. The molecule has 0 bridgehead atoms. The Morgan fingerprint density at radius 1 is 0.963 bits per heavy atom. The number of rotatable bonds is 8. The maximum atomic E-state index is 11.6. The average molecular weight is 368 g/mol. The van der Waals surface area contributed by atoms with Crippen molar-refractivity contribution in [3.05, 3.63) is 84.1 Å². The molecule has 0 spiro atoms. The van der Waals surface area contributed by atoms with Gasteiger partial charge >= 0.3 is 5.97 Å². The van der Waals surface area contributed by atoms with Crippen molar-refractivity contribution in [3.8, 4) is 0 Å². The molecule has 5 nitrogen and oxygen atoms in total. The first-order chi connectivity index (χ1) is 13.2. The molecule has 3 rings (SSSR count). The third-order valence-corrected chi connectivity index (χ3v) is 4.19. The van der Waals surface area contributed by atoms with Crippen LogP contribution in [-0.4, -0.2) is 30.9 Å². The molecular formula is C22H24O5. The van der Waals surface area contributed by atoms with Gasteiger partial charge in [-0.3, -0.25) is 4.79 Å². The molecule has 1 aliphatic rings. The Bertz CT molecular complexity index is 729. The van der Waals surface area contributed by atoms with Crippen molar-refractivity contribution in [2.45, 2.75) is 38.4 Å². The van der Waals surface area contributed by atoms with Gasteiger partial charge in [0.1, 0.15) is 6.10 Å². The Kier molecular flexibility index (Phi) is 7.02. The van der Waals surface area contributed by atoms with Crippen LogP contribution in [0, 0.1) is 0 Å². The van der Waals surface area contributed by atoms with Crippen molar-refractivity contribution in [1.29, 1.82) is 0 Å². The van der Waals surface area contributed by atoms with E-state index in [1.165, 1.54) is 6.92 Å². The third kappa shape index (κ3) is 5.94. The molecule has 2 aromatic carbocycles. The second-order valence-corrected chi connectivity index (χ2v) is 6.34. The lowest BCUT2D eigenvalue weighted by atomic mass is 10.1. The van der Waals surface area contributed by atoms with Crippen LogP contribution >= 0.6 is 0 Å². The average Bonchev–Trinajstić information content (AvgIpc) is 2.69. The number of ether oxygens (including phenoxy) is 4. The monoisotopic (exact) mass is 368 g/mol. The molecule has 27 heavy (non-hydrogen) atoms. The molecule has 142 valence electrons. The van der Waals surface area contributed by atoms with Crippen molar-refractivity contribution < 1.29 is 23.7 Å². The molecule has 0 fully saturated rings. The van der Waals surface area contributed by atoms with Gasteiger partial charge in [-0.25, -0.2) is 0 Å². The van der Waals surface area contributed by atoms with Crippen LogP contribution in [0.25, 0.3) is 0 Å².